The SMILES string of the molecule is O=C(c1ccc(O)c(O)c1O)c1cccc(C(=O)c2ccc(O)c(O)c2O)c1C(=O)c1ccc(O)c(O)c1O. The smallest absolute Gasteiger partial charge is 0.201 e. The van der Waals surface area contributed by atoms with E-state index in [0.29, 0.717) is 0 Å². The highest BCUT2D eigenvalue weighted by Crippen LogP contribution is 2.42. The molecule has 0 amide bonds. The number of hydrogen-bond acceptors (Lipinski definition) is 12. The number of carbonyl (C=O) groups excluding carboxylic acids is 3. The summed E-state index contributed by atoms with van der Waals surface area (Å²) >= 11 is 0. The van der Waals surface area contributed by atoms with E-state index in [2.05, 4.69) is 0 Å². The van der Waals surface area contributed by atoms with Crippen molar-refractivity contribution < 1.29 is 60.3 Å². The minimum atomic E-state index is -1.22. The highest BCUT2D eigenvalue weighted by atomic mass is 16.3. The minimum Gasteiger partial charge on any atom is -0.504 e. The van der Waals surface area contributed by atoms with Gasteiger partial charge in [0.2, 0.25) is 17.2 Å². The second kappa shape index (κ2) is 9.52. The molecule has 0 bridgehead atoms. The van der Waals surface area contributed by atoms with Gasteiger partial charge in [-0.05, 0) is 36.4 Å². The summed E-state index contributed by atoms with van der Waals surface area (Å²) in [5.74, 6) is -12.1. The molecule has 0 aliphatic carbocycles. The van der Waals surface area contributed by atoms with Crippen molar-refractivity contribution in [1.82, 2.24) is 0 Å². The zero-order chi connectivity index (χ0) is 28.8. The maximum atomic E-state index is 13.7. The van der Waals surface area contributed by atoms with E-state index in [9.17, 15) is 60.3 Å². The molecule has 0 heterocycles. The van der Waals surface area contributed by atoms with E-state index in [-0.39, 0.29) is 0 Å². The molecule has 12 nitrogen and oxygen atoms in total. The van der Waals surface area contributed by atoms with Crippen LogP contribution in [-0.4, -0.2) is 63.3 Å². The first-order valence-corrected chi connectivity index (χ1v) is 10.9. The van der Waals surface area contributed by atoms with Gasteiger partial charge in [-0.3, -0.25) is 14.4 Å². The first-order chi connectivity index (χ1) is 18.4. The van der Waals surface area contributed by atoms with E-state index in [1.54, 1.807) is 0 Å². The van der Waals surface area contributed by atoms with Crippen molar-refractivity contribution in [1.29, 1.82) is 0 Å². The number of phenolic OH excluding ortho intramolecular Hbond substituents is 9. The monoisotopic (exact) mass is 534 g/mol. The molecule has 12 heteroatoms. The van der Waals surface area contributed by atoms with Crippen molar-refractivity contribution >= 4 is 17.3 Å². The van der Waals surface area contributed by atoms with Crippen molar-refractivity contribution in [3.8, 4) is 51.7 Å². The Hall–Kier alpha value is -5.91. The van der Waals surface area contributed by atoms with Crippen LogP contribution >= 0.6 is 0 Å². The zero-order valence-corrected chi connectivity index (χ0v) is 19.4. The van der Waals surface area contributed by atoms with Crippen LogP contribution in [0.15, 0.2) is 54.6 Å². The Bertz CT molecular complexity index is 1620. The highest BCUT2D eigenvalue weighted by Gasteiger charge is 2.31. The number of ketones is 3. The van der Waals surface area contributed by atoms with Crippen LogP contribution in [0.25, 0.3) is 0 Å². The van der Waals surface area contributed by atoms with Gasteiger partial charge in [-0.1, -0.05) is 18.2 Å². The molecule has 0 aliphatic rings. The number of carbonyl (C=O) groups is 3. The Kier molecular flexibility index (Phi) is 6.38. The van der Waals surface area contributed by atoms with Crippen LogP contribution in [0, 0.1) is 0 Å². The predicted octanol–water partition coefficient (Wildman–Crippen LogP) is 2.73. The van der Waals surface area contributed by atoms with Crippen LogP contribution in [0.1, 0.15) is 47.8 Å². The van der Waals surface area contributed by atoms with E-state index in [4.69, 9.17) is 0 Å². The topological polar surface area (TPSA) is 233 Å². The summed E-state index contributed by atoms with van der Waals surface area (Å²) in [6, 6.07) is 8.71. The van der Waals surface area contributed by atoms with Gasteiger partial charge >= 0.3 is 0 Å². The third kappa shape index (κ3) is 4.21. The van der Waals surface area contributed by atoms with E-state index in [1.807, 2.05) is 0 Å². The van der Waals surface area contributed by atoms with Gasteiger partial charge in [0.25, 0.3) is 0 Å². The molecule has 0 radical (unpaired) electrons. The summed E-state index contributed by atoms with van der Waals surface area (Å²) in [5.41, 5.74) is -3.65. The van der Waals surface area contributed by atoms with Crippen LogP contribution in [0.4, 0.5) is 0 Å². The second-order valence-electron chi connectivity index (χ2n) is 8.20. The Morgan fingerprint density at radius 3 is 1.00 bits per heavy atom. The summed E-state index contributed by atoms with van der Waals surface area (Å²) in [6.45, 7) is 0. The van der Waals surface area contributed by atoms with E-state index in [0.717, 1.165) is 48.5 Å². The van der Waals surface area contributed by atoms with Crippen molar-refractivity contribution in [2.45, 2.75) is 0 Å². The van der Waals surface area contributed by atoms with E-state index in [1.165, 1.54) is 6.07 Å². The summed E-state index contributed by atoms with van der Waals surface area (Å²) < 4.78 is 0. The number of aromatic hydroxyl groups is 9. The maximum Gasteiger partial charge on any atom is 0.201 e. The van der Waals surface area contributed by atoms with Crippen LogP contribution < -0.4 is 0 Å². The molecule has 9 N–H and O–H groups in total. The van der Waals surface area contributed by atoms with Gasteiger partial charge in [0.05, 0.1) is 16.7 Å². The van der Waals surface area contributed by atoms with E-state index >= 15 is 0 Å². The summed E-state index contributed by atoms with van der Waals surface area (Å²) in [4.78, 5) is 40.7. The molecule has 4 rings (SSSR count). The Morgan fingerprint density at radius 1 is 0.359 bits per heavy atom. The van der Waals surface area contributed by atoms with Crippen LogP contribution in [-0.2, 0) is 0 Å². The highest BCUT2D eigenvalue weighted by molar-refractivity contribution is 6.27. The molecule has 0 atom stereocenters. The lowest BCUT2D eigenvalue weighted by Gasteiger charge is -2.16. The summed E-state index contributed by atoms with van der Waals surface area (Å²) in [6.07, 6.45) is 0. The van der Waals surface area contributed by atoms with Crippen molar-refractivity contribution in [3.05, 3.63) is 88.0 Å². The minimum absolute atomic E-state index is 0.555. The lowest BCUT2D eigenvalue weighted by Crippen LogP contribution is -2.17. The number of phenols is 9. The number of rotatable bonds is 6. The molecule has 0 unspecified atom stereocenters. The first kappa shape index (κ1) is 26.2. The normalized spacial score (nSPS) is 10.8. The Morgan fingerprint density at radius 2 is 0.667 bits per heavy atom. The van der Waals surface area contributed by atoms with Gasteiger partial charge in [0.1, 0.15) is 0 Å². The van der Waals surface area contributed by atoms with Gasteiger partial charge in [0.15, 0.2) is 51.8 Å². The molecule has 0 aromatic heterocycles. The molecule has 4 aromatic carbocycles. The molecule has 39 heavy (non-hydrogen) atoms. The zero-order valence-electron chi connectivity index (χ0n) is 19.4. The Labute approximate surface area is 217 Å². The fourth-order valence-electron chi connectivity index (χ4n) is 3.86. The van der Waals surface area contributed by atoms with E-state index < -0.39 is 102 Å². The van der Waals surface area contributed by atoms with Crippen molar-refractivity contribution in [2.75, 3.05) is 0 Å². The van der Waals surface area contributed by atoms with Crippen molar-refractivity contribution in [2.24, 2.45) is 0 Å². The first-order valence-electron chi connectivity index (χ1n) is 10.9. The quantitative estimate of drug-likeness (QED) is 0.128. The molecule has 0 spiro atoms. The Balaban J connectivity index is 2.02. The summed E-state index contributed by atoms with van der Waals surface area (Å²) in [5, 5.41) is 89.3. The molecule has 0 saturated carbocycles. The molecule has 0 fully saturated rings. The third-order valence-electron chi connectivity index (χ3n) is 5.90. The standard InChI is InChI=1S/C27H18O12/c28-15-7-4-12(22(34)25(15)37)19(31)10-2-1-3-11(20(32)13-5-8-16(29)26(38)23(13)35)18(10)21(33)14-6-9-17(30)27(39)24(14)36/h1-9,28-30,34-39H. The van der Waals surface area contributed by atoms with Gasteiger partial charge in [-0.15, -0.1) is 0 Å². The molecule has 4 aromatic rings. The number of benzene rings is 4. The average molecular weight is 534 g/mol. The predicted molar refractivity (Wildman–Crippen MR) is 131 cm³/mol. The fraction of sp³-hybridized carbons (Fsp3) is 0. The largest absolute Gasteiger partial charge is 0.504 e. The third-order valence-corrected chi connectivity index (χ3v) is 5.90. The van der Waals surface area contributed by atoms with Crippen LogP contribution in [0.5, 0.6) is 51.7 Å². The average Bonchev–Trinajstić information content (AvgIpc) is 2.92. The van der Waals surface area contributed by atoms with Crippen LogP contribution in [0.2, 0.25) is 0 Å². The van der Waals surface area contributed by atoms with Crippen molar-refractivity contribution in [3.63, 3.8) is 0 Å². The van der Waals surface area contributed by atoms with Gasteiger partial charge < -0.3 is 46.0 Å². The van der Waals surface area contributed by atoms with Gasteiger partial charge in [0, 0.05) is 16.7 Å². The lowest BCUT2D eigenvalue weighted by atomic mass is 9.86. The molecular formula is C27H18O12. The number of hydrogen-bond donors (Lipinski definition) is 9. The summed E-state index contributed by atoms with van der Waals surface area (Å²) in [7, 11) is 0. The maximum absolute atomic E-state index is 13.7. The second-order valence-corrected chi connectivity index (χ2v) is 8.20. The molecule has 0 aliphatic heterocycles. The lowest BCUT2D eigenvalue weighted by molar-refractivity contribution is 0.0987. The molecule has 0 saturated heterocycles. The van der Waals surface area contributed by atoms with Gasteiger partial charge in [-0.25, -0.2) is 0 Å². The molecular weight excluding hydrogens is 516 g/mol. The van der Waals surface area contributed by atoms with Gasteiger partial charge in [-0.2, -0.15) is 0 Å². The van der Waals surface area contributed by atoms with Crippen LogP contribution in [0.3, 0.4) is 0 Å². The molecule has 198 valence electrons. The fourth-order valence-corrected chi connectivity index (χ4v) is 3.86.